The van der Waals surface area contributed by atoms with E-state index in [-0.39, 0.29) is 36.6 Å². The quantitative estimate of drug-likeness (QED) is 0.718. The summed E-state index contributed by atoms with van der Waals surface area (Å²) in [4.78, 5) is 0. The van der Waals surface area contributed by atoms with Gasteiger partial charge in [-0.15, -0.1) is 0 Å². The van der Waals surface area contributed by atoms with Crippen molar-refractivity contribution in [2.75, 3.05) is 0 Å². The average Bonchev–Trinajstić information content (AvgIpc) is 2.67. The Bertz CT molecular complexity index is 479. The van der Waals surface area contributed by atoms with Crippen LogP contribution in [0.4, 0.5) is 0 Å². The Morgan fingerprint density at radius 2 is 1.17 bits per heavy atom. The highest BCUT2D eigenvalue weighted by Crippen LogP contribution is 2.40. The van der Waals surface area contributed by atoms with E-state index >= 15 is 0 Å². The van der Waals surface area contributed by atoms with E-state index in [1.807, 2.05) is 0 Å². The zero-order valence-electron chi connectivity index (χ0n) is 17.1. The van der Waals surface area contributed by atoms with Crippen LogP contribution < -0.4 is 0 Å². The molecular weight excluding hydrogens is 302 g/mol. The molecule has 2 aliphatic rings. The monoisotopic (exact) mass is 336 g/mol. The molecule has 24 heavy (non-hydrogen) atoms. The highest BCUT2D eigenvalue weighted by Gasteiger charge is 2.52. The van der Waals surface area contributed by atoms with E-state index in [0.717, 1.165) is 11.8 Å². The lowest BCUT2D eigenvalue weighted by Gasteiger charge is -2.32. The molecule has 2 fully saturated rings. The van der Waals surface area contributed by atoms with Gasteiger partial charge >= 0.3 is 14.2 Å². The van der Waals surface area contributed by atoms with Crippen LogP contribution in [0.2, 0.25) is 6.32 Å². The van der Waals surface area contributed by atoms with Gasteiger partial charge in [0.25, 0.3) is 0 Å². The maximum Gasteiger partial charge on any atom is 0.489 e. The summed E-state index contributed by atoms with van der Waals surface area (Å²) in [7, 11) is -0.455. The van der Waals surface area contributed by atoms with Crippen molar-refractivity contribution in [1.82, 2.24) is 0 Å². The summed E-state index contributed by atoms with van der Waals surface area (Å²) in [5, 5.41) is 0. The van der Waals surface area contributed by atoms with Gasteiger partial charge in [-0.25, -0.2) is 0 Å². The number of hydrogen-bond acceptors (Lipinski definition) is 4. The van der Waals surface area contributed by atoms with Crippen LogP contribution in [0.15, 0.2) is 11.5 Å². The van der Waals surface area contributed by atoms with Crippen LogP contribution in [0.3, 0.4) is 0 Å². The first-order valence-electron chi connectivity index (χ1n) is 9.06. The van der Waals surface area contributed by atoms with E-state index in [0.29, 0.717) is 5.92 Å². The van der Waals surface area contributed by atoms with Crippen LogP contribution in [0.5, 0.6) is 0 Å². The average molecular weight is 336 g/mol. The molecule has 0 spiro atoms. The van der Waals surface area contributed by atoms with Gasteiger partial charge in [0, 0.05) is 0 Å². The molecule has 0 amide bonds. The molecule has 4 nitrogen and oxygen atoms in total. The van der Waals surface area contributed by atoms with Crippen molar-refractivity contribution in [3.05, 3.63) is 11.5 Å². The smallest absolute Gasteiger partial charge is 0.403 e. The van der Waals surface area contributed by atoms with Crippen LogP contribution in [0.25, 0.3) is 0 Å². The Hall–Kier alpha value is -0.290. The van der Waals surface area contributed by atoms with Crippen LogP contribution in [0.1, 0.15) is 69.2 Å². The lowest BCUT2D eigenvalue weighted by molar-refractivity contribution is 0.00578. The summed E-state index contributed by atoms with van der Waals surface area (Å²) in [6, 6.07) is 0. The third-order valence-corrected chi connectivity index (χ3v) is 6.04. The predicted molar refractivity (Wildman–Crippen MR) is 99.9 cm³/mol. The van der Waals surface area contributed by atoms with Crippen molar-refractivity contribution >= 4 is 14.2 Å². The molecule has 2 rings (SSSR count). The molecule has 2 saturated heterocycles. The molecule has 1 unspecified atom stereocenters. The number of hydrogen-bond donors (Lipinski definition) is 0. The first-order valence-corrected chi connectivity index (χ1v) is 9.06. The van der Waals surface area contributed by atoms with Gasteiger partial charge < -0.3 is 18.6 Å². The van der Waals surface area contributed by atoms with Crippen molar-refractivity contribution < 1.29 is 18.6 Å². The molecule has 2 heterocycles. The van der Waals surface area contributed by atoms with Gasteiger partial charge in [-0.2, -0.15) is 0 Å². The topological polar surface area (TPSA) is 36.9 Å². The van der Waals surface area contributed by atoms with E-state index in [1.165, 1.54) is 0 Å². The molecule has 0 aromatic rings. The molecule has 0 radical (unpaired) electrons. The molecule has 6 heteroatoms. The summed E-state index contributed by atoms with van der Waals surface area (Å²) >= 11 is 0. The summed E-state index contributed by atoms with van der Waals surface area (Å²) in [6.45, 7) is 20.9. The summed E-state index contributed by atoms with van der Waals surface area (Å²) in [5.41, 5.74) is -0.0506. The maximum atomic E-state index is 6.11. The van der Waals surface area contributed by atoms with Crippen LogP contribution in [-0.4, -0.2) is 36.6 Å². The highest BCUT2D eigenvalue weighted by molar-refractivity contribution is 6.54. The minimum Gasteiger partial charge on any atom is -0.403 e. The standard InChI is InChI=1S/C18H34B2O4/c1-13(12-19-21-15(3,4)16(5,6)22-19)11-14(2)20-23-17(7,8)18(9,10)24-20/h11,13H,12H2,1-10H3/b14-11+. The fourth-order valence-corrected chi connectivity index (χ4v) is 2.99. The Morgan fingerprint density at radius 1 is 0.792 bits per heavy atom. The Balaban J connectivity index is 1.97. The highest BCUT2D eigenvalue weighted by atomic mass is 16.7. The largest absolute Gasteiger partial charge is 0.489 e. The van der Waals surface area contributed by atoms with Gasteiger partial charge in [-0.05, 0) is 80.0 Å². The molecule has 0 N–H and O–H groups in total. The SMILES string of the molecule is C/C(=C\C(C)CB1OC(C)(C)C(C)(C)O1)B1OC(C)(C)C(C)(C)O1. The zero-order chi connectivity index (χ0) is 18.6. The van der Waals surface area contributed by atoms with Crippen LogP contribution in [0, 0.1) is 5.92 Å². The summed E-state index contributed by atoms with van der Waals surface area (Å²) in [6.07, 6.45) is 3.04. The van der Waals surface area contributed by atoms with E-state index in [9.17, 15) is 0 Å². The Labute approximate surface area is 148 Å². The van der Waals surface area contributed by atoms with E-state index in [4.69, 9.17) is 18.6 Å². The lowest BCUT2D eigenvalue weighted by atomic mass is 9.73. The summed E-state index contributed by atoms with van der Waals surface area (Å²) in [5.74, 6) is 0.318. The maximum absolute atomic E-state index is 6.11. The molecule has 0 saturated carbocycles. The van der Waals surface area contributed by atoms with E-state index in [2.05, 4.69) is 75.3 Å². The van der Waals surface area contributed by atoms with Crippen molar-refractivity contribution in [3.8, 4) is 0 Å². The summed E-state index contributed by atoms with van der Waals surface area (Å²) < 4.78 is 24.4. The third kappa shape index (κ3) is 3.77. The van der Waals surface area contributed by atoms with Crippen molar-refractivity contribution in [3.63, 3.8) is 0 Å². The van der Waals surface area contributed by atoms with Gasteiger partial charge in [0.15, 0.2) is 0 Å². The van der Waals surface area contributed by atoms with Crippen LogP contribution in [-0.2, 0) is 18.6 Å². The molecule has 0 aromatic carbocycles. The molecule has 0 bridgehead atoms. The Kier molecular flexibility index (Phi) is 5.13. The van der Waals surface area contributed by atoms with E-state index < -0.39 is 0 Å². The van der Waals surface area contributed by atoms with Crippen molar-refractivity contribution in [2.24, 2.45) is 5.92 Å². The first-order chi connectivity index (χ1) is 10.7. The minimum atomic E-state index is -0.304. The van der Waals surface area contributed by atoms with Crippen molar-refractivity contribution in [2.45, 2.75) is 98.0 Å². The van der Waals surface area contributed by atoms with Gasteiger partial charge in [0.05, 0.1) is 22.4 Å². The van der Waals surface area contributed by atoms with Gasteiger partial charge in [0.1, 0.15) is 0 Å². The van der Waals surface area contributed by atoms with Gasteiger partial charge in [-0.1, -0.05) is 13.0 Å². The van der Waals surface area contributed by atoms with E-state index in [1.54, 1.807) is 0 Å². The predicted octanol–water partition coefficient (Wildman–Crippen LogP) is 4.29. The molecule has 0 aliphatic carbocycles. The second-order valence-electron chi connectivity index (χ2n) is 9.40. The lowest BCUT2D eigenvalue weighted by Crippen LogP contribution is -2.41. The molecule has 0 aromatic heterocycles. The number of allylic oxidation sites excluding steroid dienone is 2. The first kappa shape index (κ1) is 20.0. The molecular formula is C18H34B2O4. The van der Waals surface area contributed by atoms with Crippen LogP contribution >= 0.6 is 0 Å². The molecule has 2 aliphatic heterocycles. The fourth-order valence-electron chi connectivity index (χ4n) is 2.99. The fraction of sp³-hybridized carbons (Fsp3) is 0.889. The minimum absolute atomic E-state index is 0.174. The third-order valence-electron chi connectivity index (χ3n) is 6.04. The Morgan fingerprint density at radius 3 is 1.58 bits per heavy atom. The second kappa shape index (κ2) is 6.15. The second-order valence-corrected chi connectivity index (χ2v) is 9.40. The van der Waals surface area contributed by atoms with Crippen molar-refractivity contribution in [1.29, 1.82) is 0 Å². The van der Waals surface area contributed by atoms with Gasteiger partial charge in [0.2, 0.25) is 0 Å². The normalized spacial score (nSPS) is 29.2. The van der Waals surface area contributed by atoms with Gasteiger partial charge in [-0.3, -0.25) is 0 Å². The number of rotatable bonds is 4. The molecule has 1 atom stereocenters. The molecule has 136 valence electrons. The zero-order valence-corrected chi connectivity index (χ0v) is 17.1.